The number of hydrogen-bond donors (Lipinski definition) is 1. The molecule has 0 bridgehead atoms. The maximum atomic E-state index is 6.18. The summed E-state index contributed by atoms with van der Waals surface area (Å²) >= 11 is 0. The van der Waals surface area contributed by atoms with Crippen LogP contribution in [0, 0.1) is 46.3 Å². The lowest BCUT2D eigenvalue weighted by molar-refractivity contribution is -0.0749. The average Bonchev–Trinajstić information content (AvgIpc) is 3.11. The van der Waals surface area contributed by atoms with Gasteiger partial charge >= 0.3 is 0 Å². The van der Waals surface area contributed by atoms with Crippen LogP contribution in [-0.2, 0) is 4.74 Å². The molecule has 32 heavy (non-hydrogen) atoms. The van der Waals surface area contributed by atoms with E-state index in [2.05, 4.69) is 47.6 Å². The molecule has 0 aromatic rings. The van der Waals surface area contributed by atoms with Crippen molar-refractivity contribution in [2.75, 3.05) is 0 Å². The SMILES string of the molecule is CCC(N)O[C@H]1CC[C@@]2(C)C(=CC[C@H]3[C@@H]4CC[C@H]([C@H](C)CCCC(C)C)[C@@]4(C)CC[C@@H]32)C1. The average molecular weight is 444 g/mol. The van der Waals surface area contributed by atoms with E-state index in [0.29, 0.717) is 16.9 Å². The zero-order valence-corrected chi connectivity index (χ0v) is 22.2. The summed E-state index contributed by atoms with van der Waals surface area (Å²) in [7, 11) is 0. The molecular weight excluding hydrogens is 390 g/mol. The van der Waals surface area contributed by atoms with Gasteiger partial charge in [0, 0.05) is 0 Å². The Labute approximate surface area is 199 Å². The fourth-order valence-electron chi connectivity index (χ4n) is 9.11. The van der Waals surface area contributed by atoms with Gasteiger partial charge in [0.2, 0.25) is 0 Å². The summed E-state index contributed by atoms with van der Waals surface area (Å²) in [6.45, 7) is 14.8. The van der Waals surface area contributed by atoms with Crippen LogP contribution in [0.3, 0.4) is 0 Å². The van der Waals surface area contributed by atoms with Crippen LogP contribution in [0.1, 0.15) is 119 Å². The molecule has 4 rings (SSSR count). The first-order valence-corrected chi connectivity index (χ1v) is 14.3. The summed E-state index contributed by atoms with van der Waals surface area (Å²) in [6, 6.07) is 0. The normalized spacial score (nSPS) is 43.2. The van der Waals surface area contributed by atoms with Crippen LogP contribution in [0.15, 0.2) is 11.6 Å². The second-order valence-electron chi connectivity index (χ2n) is 13.2. The number of nitrogens with two attached hydrogens (primary N) is 1. The lowest BCUT2D eigenvalue weighted by Crippen LogP contribution is -2.51. The standard InChI is InChI=1S/C30H53NO/c1-7-28(31)32-23-15-17-29(5)22(19-23)11-12-24-26-14-13-25(21(4)10-8-9-20(2)3)30(26,6)18-16-27(24)29/h11,20-21,23-28H,7-10,12-19,31H2,1-6H3/t21-,23+,24+,25-,26+,27+,28?,29+,30-/m1/s1. The van der Waals surface area contributed by atoms with Gasteiger partial charge in [0.15, 0.2) is 0 Å². The summed E-state index contributed by atoms with van der Waals surface area (Å²) in [5, 5.41) is 0. The van der Waals surface area contributed by atoms with Gasteiger partial charge in [-0.25, -0.2) is 0 Å². The predicted octanol–water partition coefficient (Wildman–Crippen LogP) is 8.11. The highest BCUT2D eigenvalue weighted by atomic mass is 16.5. The molecule has 2 nitrogen and oxygen atoms in total. The highest BCUT2D eigenvalue weighted by Crippen LogP contribution is 2.67. The number of allylic oxidation sites excluding steroid dienone is 1. The van der Waals surface area contributed by atoms with E-state index in [1.165, 1.54) is 64.2 Å². The topological polar surface area (TPSA) is 35.2 Å². The number of hydrogen-bond acceptors (Lipinski definition) is 2. The van der Waals surface area contributed by atoms with Crippen LogP contribution in [-0.4, -0.2) is 12.3 Å². The van der Waals surface area contributed by atoms with Gasteiger partial charge in [0.25, 0.3) is 0 Å². The van der Waals surface area contributed by atoms with Gasteiger partial charge in [-0.15, -0.1) is 0 Å². The third kappa shape index (κ3) is 4.49. The largest absolute Gasteiger partial charge is 0.360 e. The van der Waals surface area contributed by atoms with E-state index in [1.54, 1.807) is 5.57 Å². The Kier molecular flexibility index (Phi) is 7.53. The van der Waals surface area contributed by atoms with Gasteiger partial charge in [0.05, 0.1) is 6.10 Å². The van der Waals surface area contributed by atoms with Crippen molar-refractivity contribution in [3.63, 3.8) is 0 Å². The first-order valence-electron chi connectivity index (χ1n) is 14.3. The van der Waals surface area contributed by atoms with Crippen LogP contribution in [0.25, 0.3) is 0 Å². The van der Waals surface area contributed by atoms with Crippen molar-refractivity contribution in [1.82, 2.24) is 0 Å². The number of ether oxygens (including phenoxy) is 1. The van der Waals surface area contributed by atoms with E-state index in [1.807, 2.05) is 0 Å². The van der Waals surface area contributed by atoms with E-state index in [0.717, 1.165) is 48.3 Å². The van der Waals surface area contributed by atoms with E-state index < -0.39 is 0 Å². The fourth-order valence-corrected chi connectivity index (χ4v) is 9.11. The van der Waals surface area contributed by atoms with Crippen molar-refractivity contribution >= 4 is 0 Å². The Morgan fingerprint density at radius 2 is 1.81 bits per heavy atom. The van der Waals surface area contributed by atoms with E-state index in [9.17, 15) is 0 Å². The van der Waals surface area contributed by atoms with Crippen LogP contribution in [0.2, 0.25) is 0 Å². The second kappa shape index (κ2) is 9.73. The monoisotopic (exact) mass is 443 g/mol. The Balaban J connectivity index is 1.45. The smallest absolute Gasteiger partial charge is 0.105 e. The molecule has 0 aliphatic heterocycles. The molecule has 0 radical (unpaired) electrons. The Hall–Kier alpha value is -0.340. The molecule has 2 N–H and O–H groups in total. The van der Waals surface area contributed by atoms with Crippen LogP contribution < -0.4 is 5.73 Å². The summed E-state index contributed by atoms with van der Waals surface area (Å²) in [5.41, 5.74) is 8.86. The van der Waals surface area contributed by atoms with Gasteiger partial charge in [-0.3, -0.25) is 0 Å². The fraction of sp³-hybridized carbons (Fsp3) is 0.933. The van der Waals surface area contributed by atoms with E-state index >= 15 is 0 Å². The van der Waals surface area contributed by atoms with Gasteiger partial charge in [-0.1, -0.05) is 72.5 Å². The summed E-state index contributed by atoms with van der Waals surface area (Å²) < 4.78 is 6.18. The summed E-state index contributed by atoms with van der Waals surface area (Å²) in [4.78, 5) is 0. The summed E-state index contributed by atoms with van der Waals surface area (Å²) in [6.07, 6.45) is 19.0. The molecule has 0 saturated heterocycles. The zero-order chi connectivity index (χ0) is 23.1. The van der Waals surface area contributed by atoms with Crippen molar-refractivity contribution in [2.24, 2.45) is 52.1 Å². The van der Waals surface area contributed by atoms with Gasteiger partial charge < -0.3 is 10.5 Å². The molecule has 1 unspecified atom stereocenters. The minimum atomic E-state index is -0.0883. The Bertz CT molecular complexity index is 670. The van der Waals surface area contributed by atoms with Crippen LogP contribution in [0.5, 0.6) is 0 Å². The first-order chi connectivity index (χ1) is 15.2. The minimum absolute atomic E-state index is 0.0883. The Morgan fingerprint density at radius 1 is 1.03 bits per heavy atom. The molecule has 4 aliphatic carbocycles. The van der Waals surface area contributed by atoms with Crippen molar-refractivity contribution in [2.45, 2.75) is 131 Å². The maximum Gasteiger partial charge on any atom is 0.105 e. The van der Waals surface area contributed by atoms with Crippen molar-refractivity contribution in [3.05, 3.63) is 11.6 Å². The molecule has 0 amide bonds. The van der Waals surface area contributed by atoms with Gasteiger partial charge in [-0.05, 0) is 104 Å². The molecule has 0 aromatic carbocycles. The first kappa shape index (κ1) is 24.8. The maximum absolute atomic E-state index is 6.18. The second-order valence-corrected chi connectivity index (χ2v) is 13.2. The molecule has 0 spiro atoms. The molecular formula is C30H53NO. The van der Waals surface area contributed by atoms with Crippen molar-refractivity contribution < 1.29 is 4.74 Å². The van der Waals surface area contributed by atoms with Gasteiger partial charge in [-0.2, -0.15) is 0 Å². The van der Waals surface area contributed by atoms with Crippen molar-refractivity contribution in [1.29, 1.82) is 0 Å². The molecule has 0 aromatic heterocycles. The van der Waals surface area contributed by atoms with Gasteiger partial charge in [0.1, 0.15) is 6.23 Å². The minimum Gasteiger partial charge on any atom is -0.360 e. The highest BCUT2D eigenvalue weighted by molar-refractivity contribution is 5.25. The number of rotatable bonds is 8. The summed E-state index contributed by atoms with van der Waals surface area (Å²) in [5.74, 6) is 5.49. The zero-order valence-electron chi connectivity index (χ0n) is 22.2. The molecule has 2 heteroatoms. The predicted molar refractivity (Wildman–Crippen MR) is 136 cm³/mol. The van der Waals surface area contributed by atoms with Crippen molar-refractivity contribution in [3.8, 4) is 0 Å². The lowest BCUT2D eigenvalue weighted by Gasteiger charge is -2.58. The molecule has 3 fully saturated rings. The number of fused-ring (bicyclic) bond motifs is 5. The molecule has 184 valence electrons. The lowest BCUT2D eigenvalue weighted by atomic mass is 9.47. The quantitative estimate of drug-likeness (QED) is 0.304. The molecule has 0 heterocycles. The molecule has 4 aliphatic rings. The van der Waals surface area contributed by atoms with E-state index in [-0.39, 0.29) is 6.23 Å². The third-order valence-electron chi connectivity index (χ3n) is 11.0. The van der Waals surface area contributed by atoms with E-state index in [4.69, 9.17) is 10.5 Å². The van der Waals surface area contributed by atoms with Crippen LogP contribution >= 0.6 is 0 Å². The Morgan fingerprint density at radius 3 is 2.53 bits per heavy atom. The highest BCUT2D eigenvalue weighted by Gasteiger charge is 2.59. The third-order valence-corrected chi connectivity index (χ3v) is 11.0. The molecule has 9 atom stereocenters. The molecule has 3 saturated carbocycles. The van der Waals surface area contributed by atoms with Crippen LogP contribution in [0.4, 0.5) is 0 Å².